The van der Waals surface area contributed by atoms with E-state index in [1.807, 2.05) is 30.4 Å². The molecule has 0 bridgehead atoms. The lowest BCUT2D eigenvalue weighted by atomic mass is 10.1. The van der Waals surface area contributed by atoms with E-state index in [2.05, 4.69) is 34.3 Å². The van der Waals surface area contributed by atoms with E-state index >= 15 is 0 Å². The van der Waals surface area contributed by atoms with Gasteiger partial charge in [-0.25, -0.2) is 0 Å². The Bertz CT molecular complexity index is 561. The fourth-order valence-electron chi connectivity index (χ4n) is 1.91. The summed E-state index contributed by atoms with van der Waals surface area (Å²) in [7, 11) is 0. The van der Waals surface area contributed by atoms with Crippen molar-refractivity contribution in [1.82, 2.24) is 4.90 Å². The van der Waals surface area contributed by atoms with Gasteiger partial charge < -0.3 is 4.90 Å². The van der Waals surface area contributed by atoms with Gasteiger partial charge in [0.1, 0.15) is 0 Å². The average molecular weight is 345 g/mol. The van der Waals surface area contributed by atoms with Crippen molar-refractivity contribution in [1.29, 1.82) is 0 Å². The molecule has 1 aromatic carbocycles. The van der Waals surface area contributed by atoms with E-state index in [1.165, 1.54) is 0 Å². The first-order valence-corrected chi connectivity index (χ1v) is 7.09. The molecule has 0 amide bonds. The van der Waals surface area contributed by atoms with Crippen LogP contribution in [0.15, 0.2) is 52.1 Å². The number of benzene rings is 1. The maximum atomic E-state index is 6.29. The summed E-state index contributed by atoms with van der Waals surface area (Å²) in [5.74, 6) is 0. The van der Waals surface area contributed by atoms with E-state index in [-0.39, 0.29) is 0 Å². The van der Waals surface area contributed by atoms with Crippen molar-refractivity contribution in [3.05, 3.63) is 62.7 Å². The summed E-state index contributed by atoms with van der Waals surface area (Å²) >= 11 is 15.8. The summed E-state index contributed by atoms with van der Waals surface area (Å²) in [6, 6.07) is 5.84. The standard InChI is InChI=1S/C14H12BrCl2N/c1-3-18-9(2)12(16)6-7-14(18)11-5-4-10(15)8-13(11)17/h4-8H,2-3H2,1H3. The number of nitrogens with zero attached hydrogens (tertiary/aromatic N) is 1. The Morgan fingerprint density at radius 3 is 2.61 bits per heavy atom. The van der Waals surface area contributed by atoms with Crippen LogP contribution in [0.1, 0.15) is 12.5 Å². The SMILES string of the molecule is C=C1C(Cl)=CC=C(c2ccc(Br)cc2Cl)N1CC. The van der Waals surface area contributed by atoms with Gasteiger partial charge in [-0.2, -0.15) is 0 Å². The van der Waals surface area contributed by atoms with Gasteiger partial charge in [-0.05, 0) is 31.2 Å². The second-order valence-electron chi connectivity index (χ2n) is 3.88. The molecule has 0 aromatic heterocycles. The molecule has 0 unspecified atom stereocenters. The predicted octanol–water partition coefficient (Wildman–Crippen LogP) is 5.42. The van der Waals surface area contributed by atoms with E-state index in [0.29, 0.717) is 10.1 Å². The molecule has 0 saturated carbocycles. The lowest BCUT2D eigenvalue weighted by Gasteiger charge is -2.30. The Balaban J connectivity index is 2.52. The maximum Gasteiger partial charge on any atom is 0.0637 e. The van der Waals surface area contributed by atoms with Gasteiger partial charge in [-0.15, -0.1) is 0 Å². The molecular formula is C14H12BrCl2N. The normalized spacial score (nSPS) is 15.6. The fourth-order valence-corrected chi connectivity index (χ4v) is 2.84. The molecule has 4 heteroatoms. The highest BCUT2D eigenvalue weighted by atomic mass is 79.9. The van der Waals surface area contributed by atoms with Gasteiger partial charge in [-0.1, -0.05) is 51.8 Å². The third kappa shape index (κ3) is 2.51. The van der Waals surface area contributed by atoms with Crippen LogP contribution in [0.3, 0.4) is 0 Å². The van der Waals surface area contributed by atoms with Gasteiger partial charge in [0.15, 0.2) is 0 Å². The first-order chi connectivity index (χ1) is 8.54. The van der Waals surface area contributed by atoms with Crippen LogP contribution in [0.2, 0.25) is 5.02 Å². The smallest absolute Gasteiger partial charge is 0.0637 e. The van der Waals surface area contributed by atoms with Crippen molar-refractivity contribution in [3.8, 4) is 0 Å². The van der Waals surface area contributed by atoms with Crippen molar-refractivity contribution in [2.45, 2.75) is 6.92 Å². The monoisotopic (exact) mass is 343 g/mol. The Kier molecular flexibility index (Phi) is 4.21. The number of rotatable bonds is 2. The lowest BCUT2D eigenvalue weighted by molar-refractivity contribution is 0.528. The summed E-state index contributed by atoms with van der Waals surface area (Å²) in [5, 5.41) is 1.36. The molecule has 1 nitrogen and oxygen atoms in total. The number of likely N-dealkylation sites (N-methyl/N-ethyl adjacent to an activating group) is 1. The first kappa shape index (κ1) is 13.7. The summed E-state index contributed by atoms with van der Waals surface area (Å²) in [6.07, 6.45) is 3.82. The Hall–Kier alpha value is -0.700. The highest BCUT2D eigenvalue weighted by Crippen LogP contribution is 2.35. The third-order valence-electron chi connectivity index (χ3n) is 2.80. The van der Waals surface area contributed by atoms with Crippen LogP contribution in [0.5, 0.6) is 0 Å². The molecular weight excluding hydrogens is 333 g/mol. The van der Waals surface area contributed by atoms with Gasteiger partial charge in [0.25, 0.3) is 0 Å². The number of hydrogen-bond acceptors (Lipinski definition) is 1. The van der Waals surface area contributed by atoms with Crippen molar-refractivity contribution in [2.75, 3.05) is 6.54 Å². The van der Waals surface area contributed by atoms with Gasteiger partial charge in [0.05, 0.1) is 15.8 Å². The minimum absolute atomic E-state index is 0.661. The largest absolute Gasteiger partial charge is 0.341 e. The highest BCUT2D eigenvalue weighted by molar-refractivity contribution is 9.10. The van der Waals surface area contributed by atoms with E-state index in [1.54, 1.807) is 0 Å². The Labute approximate surface area is 126 Å². The van der Waals surface area contributed by atoms with Crippen LogP contribution in [-0.2, 0) is 0 Å². The number of halogens is 3. The second-order valence-corrected chi connectivity index (χ2v) is 5.61. The molecule has 1 aromatic rings. The quantitative estimate of drug-likeness (QED) is 0.692. The number of allylic oxidation sites excluding steroid dienone is 3. The molecule has 0 radical (unpaired) electrons. The van der Waals surface area contributed by atoms with Crippen LogP contribution in [0.4, 0.5) is 0 Å². The molecule has 18 heavy (non-hydrogen) atoms. The predicted molar refractivity (Wildman–Crippen MR) is 82.6 cm³/mol. The molecule has 1 aliphatic rings. The summed E-state index contributed by atoms with van der Waals surface area (Å²) in [6.45, 7) is 6.85. The van der Waals surface area contributed by atoms with Crippen LogP contribution in [-0.4, -0.2) is 11.4 Å². The zero-order chi connectivity index (χ0) is 13.3. The van der Waals surface area contributed by atoms with Gasteiger partial charge in [0.2, 0.25) is 0 Å². The van der Waals surface area contributed by atoms with Crippen LogP contribution < -0.4 is 0 Å². The zero-order valence-corrected chi connectivity index (χ0v) is 13.0. The lowest BCUT2D eigenvalue weighted by Crippen LogP contribution is -2.23. The molecule has 0 N–H and O–H groups in total. The summed E-state index contributed by atoms with van der Waals surface area (Å²) in [5.41, 5.74) is 2.79. The maximum absolute atomic E-state index is 6.29. The average Bonchev–Trinajstić information content (AvgIpc) is 2.33. The Morgan fingerprint density at radius 2 is 2.00 bits per heavy atom. The van der Waals surface area contributed by atoms with Gasteiger partial charge in [0, 0.05) is 22.3 Å². The molecule has 1 heterocycles. The molecule has 0 saturated heterocycles. The second kappa shape index (κ2) is 5.52. The first-order valence-electron chi connectivity index (χ1n) is 5.54. The van der Waals surface area contributed by atoms with E-state index < -0.39 is 0 Å². The minimum atomic E-state index is 0.661. The molecule has 94 valence electrons. The van der Waals surface area contributed by atoms with Crippen molar-refractivity contribution in [3.63, 3.8) is 0 Å². The Morgan fingerprint density at radius 1 is 1.28 bits per heavy atom. The van der Waals surface area contributed by atoms with Gasteiger partial charge >= 0.3 is 0 Å². The highest BCUT2D eigenvalue weighted by Gasteiger charge is 2.20. The topological polar surface area (TPSA) is 3.24 Å². The van der Waals surface area contributed by atoms with Crippen LogP contribution in [0.25, 0.3) is 5.70 Å². The molecule has 0 spiro atoms. The zero-order valence-electron chi connectivity index (χ0n) is 9.88. The fraction of sp³-hybridized carbons (Fsp3) is 0.143. The molecule has 2 rings (SSSR count). The van der Waals surface area contributed by atoms with E-state index in [4.69, 9.17) is 23.2 Å². The van der Waals surface area contributed by atoms with Crippen LogP contribution in [0, 0.1) is 0 Å². The van der Waals surface area contributed by atoms with Gasteiger partial charge in [-0.3, -0.25) is 0 Å². The van der Waals surface area contributed by atoms with E-state index in [0.717, 1.165) is 28.0 Å². The van der Waals surface area contributed by atoms with Crippen molar-refractivity contribution < 1.29 is 0 Å². The molecule has 0 atom stereocenters. The van der Waals surface area contributed by atoms with Crippen molar-refractivity contribution >= 4 is 44.8 Å². The number of hydrogen-bond donors (Lipinski definition) is 0. The van der Waals surface area contributed by atoms with Crippen LogP contribution >= 0.6 is 39.1 Å². The molecule has 0 aliphatic carbocycles. The minimum Gasteiger partial charge on any atom is -0.341 e. The third-order valence-corrected chi connectivity index (χ3v) is 3.95. The van der Waals surface area contributed by atoms with Crippen molar-refractivity contribution in [2.24, 2.45) is 0 Å². The summed E-state index contributed by atoms with van der Waals surface area (Å²) in [4.78, 5) is 2.05. The molecule has 1 aliphatic heterocycles. The van der Waals surface area contributed by atoms with E-state index in [9.17, 15) is 0 Å². The molecule has 0 fully saturated rings. The summed E-state index contributed by atoms with van der Waals surface area (Å²) < 4.78 is 0.961.